The number of carbonyl (C=O) groups excluding carboxylic acids is 2. The Bertz CT molecular complexity index is 1040. The van der Waals surface area contributed by atoms with E-state index in [1.54, 1.807) is 18.2 Å². The van der Waals surface area contributed by atoms with Crippen LogP contribution in [0, 0.1) is 20.2 Å². The number of para-hydroxylation sites is 1. The molecular weight excluding hydrogens is 402 g/mol. The molecule has 0 saturated carbocycles. The molecule has 3 N–H and O–H groups in total. The van der Waals surface area contributed by atoms with Crippen molar-refractivity contribution in [1.29, 1.82) is 0 Å². The smallest absolute Gasteiger partial charge is 0.318 e. The summed E-state index contributed by atoms with van der Waals surface area (Å²) in [4.78, 5) is 43.8. The molecule has 156 valence electrons. The molecule has 0 atom stereocenters. The van der Waals surface area contributed by atoms with Crippen LogP contribution in [-0.2, 0) is 4.79 Å². The predicted molar refractivity (Wildman–Crippen MR) is 102 cm³/mol. The number of rotatable bonds is 8. The third kappa shape index (κ3) is 5.25. The van der Waals surface area contributed by atoms with Crippen molar-refractivity contribution in [3.05, 3.63) is 67.8 Å². The second-order valence-electron chi connectivity index (χ2n) is 5.59. The van der Waals surface area contributed by atoms with E-state index in [1.165, 1.54) is 13.2 Å². The number of nitro benzene ring substituents is 2. The Morgan fingerprint density at radius 3 is 2.53 bits per heavy atom. The first-order chi connectivity index (χ1) is 14.2. The Kier molecular flexibility index (Phi) is 6.95. The van der Waals surface area contributed by atoms with Gasteiger partial charge in [0.1, 0.15) is 5.75 Å². The van der Waals surface area contributed by atoms with Crippen LogP contribution in [0.3, 0.4) is 0 Å². The number of amides is 2. The fraction of sp³-hybridized carbons (Fsp3) is 0.118. The van der Waals surface area contributed by atoms with Gasteiger partial charge in [0, 0.05) is 6.07 Å². The van der Waals surface area contributed by atoms with Crippen LogP contribution in [0.15, 0.2) is 41.5 Å². The normalized spacial score (nSPS) is 10.4. The Balaban J connectivity index is 2.03. The van der Waals surface area contributed by atoms with Crippen molar-refractivity contribution in [3.8, 4) is 11.5 Å². The molecule has 0 radical (unpaired) electrons. The molecule has 0 aliphatic rings. The van der Waals surface area contributed by atoms with Crippen LogP contribution in [-0.4, -0.2) is 46.6 Å². The fourth-order valence-electron chi connectivity index (χ4n) is 2.27. The molecule has 2 aromatic carbocycles. The molecule has 2 aromatic rings. The highest BCUT2D eigenvalue weighted by atomic mass is 16.6. The van der Waals surface area contributed by atoms with Gasteiger partial charge in [0.15, 0.2) is 0 Å². The van der Waals surface area contributed by atoms with E-state index in [-0.39, 0.29) is 11.1 Å². The molecule has 0 bridgehead atoms. The van der Waals surface area contributed by atoms with Crippen molar-refractivity contribution in [3.63, 3.8) is 0 Å². The van der Waals surface area contributed by atoms with Gasteiger partial charge in [-0.25, -0.2) is 5.43 Å². The topological polar surface area (TPSA) is 186 Å². The number of aromatic hydroxyl groups is 1. The Morgan fingerprint density at radius 2 is 1.90 bits per heavy atom. The summed E-state index contributed by atoms with van der Waals surface area (Å²) in [5.74, 6) is -1.86. The van der Waals surface area contributed by atoms with Crippen LogP contribution in [0.2, 0.25) is 0 Å². The molecule has 0 unspecified atom stereocenters. The molecule has 30 heavy (non-hydrogen) atoms. The molecule has 2 amide bonds. The first-order valence-electron chi connectivity index (χ1n) is 8.13. The zero-order valence-electron chi connectivity index (χ0n) is 15.4. The standard InChI is InChI=1S/C17H15N5O8/c1-30-14-5-3-2-4-12(14)17(25)18-9-15(23)20-19-8-10-6-11(21(26)27)7-13(16(10)24)22(28)29/h2-8,24H,9H2,1H3,(H,18,25)(H,20,23)/b19-8+. The van der Waals surface area contributed by atoms with Crippen LogP contribution >= 0.6 is 0 Å². The molecule has 0 spiro atoms. The SMILES string of the molecule is COc1ccccc1C(=O)NCC(=O)N/N=C/c1cc([N+](=O)[O-])cc([N+](=O)[O-])c1O. The van der Waals surface area contributed by atoms with E-state index in [4.69, 9.17) is 4.74 Å². The number of hydrazone groups is 1. The number of phenols is 1. The third-order valence-corrected chi connectivity index (χ3v) is 3.67. The highest BCUT2D eigenvalue weighted by molar-refractivity contribution is 5.98. The molecule has 0 fully saturated rings. The van der Waals surface area contributed by atoms with E-state index in [1.807, 2.05) is 5.43 Å². The molecule has 13 heteroatoms. The van der Waals surface area contributed by atoms with Crippen LogP contribution in [0.25, 0.3) is 0 Å². The average Bonchev–Trinajstić information content (AvgIpc) is 2.72. The number of nitro groups is 2. The van der Waals surface area contributed by atoms with Crippen molar-refractivity contribution in [1.82, 2.24) is 10.7 Å². The van der Waals surface area contributed by atoms with Gasteiger partial charge in [-0.15, -0.1) is 0 Å². The van der Waals surface area contributed by atoms with Gasteiger partial charge in [-0.05, 0) is 12.1 Å². The van der Waals surface area contributed by atoms with Gasteiger partial charge in [-0.3, -0.25) is 29.8 Å². The van der Waals surface area contributed by atoms with E-state index < -0.39 is 45.3 Å². The molecule has 13 nitrogen and oxygen atoms in total. The molecular formula is C17H15N5O8. The van der Waals surface area contributed by atoms with Crippen molar-refractivity contribution in [2.45, 2.75) is 0 Å². The summed E-state index contributed by atoms with van der Waals surface area (Å²) in [6, 6.07) is 7.81. The zero-order chi connectivity index (χ0) is 22.3. The Hall–Kier alpha value is -4.55. The number of ether oxygens (including phenoxy) is 1. The lowest BCUT2D eigenvalue weighted by atomic mass is 10.1. The summed E-state index contributed by atoms with van der Waals surface area (Å²) in [5.41, 5.74) is 0.355. The number of carbonyl (C=O) groups is 2. The number of hydrogen-bond acceptors (Lipinski definition) is 9. The van der Waals surface area contributed by atoms with E-state index >= 15 is 0 Å². The van der Waals surface area contributed by atoms with Gasteiger partial charge in [0.05, 0.1) is 46.9 Å². The number of benzene rings is 2. The molecule has 2 rings (SSSR count). The lowest BCUT2D eigenvalue weighted by molar-refractivity contribution is -0.394. The van der Waals surface area contributed by atoms with Crippen LogP contribution in [0.1, 0.15) is 15.9 Å². The number of hydrogen-bond donors (Lipinski definition) is 3. The first-order valence-corrected chi connectivity index (χ1v) is 8.13. The van der Waals surface area contributed by atoms with Crippen molar-refractivity contribution in [2.75, 3.05) is 13.7 Å². The van der Waals surface area contributed by atoms with Crippen LogP contribution in [0.4, 0.5) is 11.4 Å². The minimum Gasteiger partial charge on any atom is -0.502 e. The molecule has 0 aliphatic heterocycles. The second-order valence-corrected chi connectivity index (χ2v) is 5.59. The van der Waals surface area contributed by atoms with E-state index in [9.17, 15) is 34.9 Å². The number of nitrogens with one attached hydrogen (secondary N) is 2. The van der Waals surface area contributed by atoms with Gasteiger partial charge in [-0.1, -0.05) is 12.1 Å². The van der Waals surface area contributed by atoms with Gasteiger partial charge in [0.25, 0.3) is 17.5 Å². The first kappa shape index (κ1) is 21.7. The number of methoxy groups -OCH3 is 1. The Labute approximate surface area is 168 Å². The summed E-state index contributed by atoms with van der Waals surface area (Å²) < 4.78 is 5.05. The highest BCUT2D eigenvalue weighted by Gasteiger charge is 2.23. The minimum absolute atomic E-state index is 0.213. The van der Waals surface area contributed by atoms with Gasteiger partial charge in [-0.2, -0.15) is 5.10 Å². The number of nitrogens with zero attached hydrogens (tertiary/aromatic N) is 3. The third-order valence-electron chi connectivity index (χ3n) is 3.67. The molecule has 0 heterocycles. The van der Waals surface area contributed by atoms with Crippen molar-refractivity contribution >= 4 is 29.4 Å². The van der Waals surface area contributed by atoms with Gasteiger partial charge < -0.3 is 15.2 Å². The summed E-state index contributed by atoms with van der Waals surface area (Å²) in [6.07, 6.45) is 0.801. The predicted octanol–water partition coefficient (Wildman–Crippen LogP) is 1.10. The molecule has 0 aromatic heterocycles. The lowest BCUT2D eigenvalue weighted by Crippen LogP contribution is -2.35. The maximum absolute atomic E-state index is 12.1. The largest absolute Gasteiger partial charge is 0.502 e. The average molecular weight is 417 g/mol. The zero-order valence-corrected chi connectivity index (χ0v) is 15.4. The molecule has 0 saturated heterocycles. The van der Waals surface area contributed by atoms with Crippen molar-refractivity contribution in [2.24, 2.45) is 5.10 Å². The summed E-state index contributed by atoms with van der Waals surface area (Å²) >= 11 is 0. The maximum Gasteiger partial charge on any atom is 0.318 e. The van der Waals surface area contributed by atoms with Crippen LogP contribution in [0.5, 0.6) is 11.5 Å². The number of non-ortho nitro benzene ring substituents is 1. The monoisotopic (exact) mass is 417 g/mol. The van der Waals surface area contributed by atoms with E-state index in [0.717, 1.165) is 12.3 Å². The van der Waals surface area contributed by atoms with Crippen molar-refractivity contribution < 1.29 is 29.3 Å². The van der Waals surface area contributed by atoms with E-state index in [0.29, 0.717) is 11.8 Å². The molecule has 0 aliphatic carbocycles. The van der Waals surface area contributed by atoms with Gasteiger partial charge in [0.2, 0.25) is 5.75 Å². The van der Waals surface area contributed by atoms with E-state index in [2.05, 4.69) is 10.4 Å². The van der Waals surface area contributed by atoms with Gasteiger partial charge >= 0.3 is 5.69 Å². The maximum atomic E-state index is 12.1. The number of phenolic OH excluding ortho intramolecular Hbond substituents is 1. The summed E-state index contributed by atoms with van der Waals surface area (Å²) in [7, 11) is 1.39. The minimum atomic E-state index is -0.994. The van der Waals surface area contributed by atoms with Crippen LogP contribution < -0.4 is 15.5 Å². The Morgan fingerprint density at radius 1 is 1.20 bits per heavy atom. The highest BCUT2D eigenvalue weighted by Crippen LogP contribution is 2.33. The summed E-state index contributed by atoms with van der Waals surface area (Å²) in [6.45, 7) is -0.463. The lowest BCUT2D eigenvalue weighted by Gasteiger charge is -2.08. The fourth-order valence-corrected chi connectivity index (χ4v) is 2.27. The summed E-state index contributed by atoms with van der Waals surface area (Å²) in [5, 5.41) is 37.4. The second kappa shape index (κ2) is 9.59. The quantitative estimate of drug-likeness (QED) is 0.323.